The normalized spacial score (nSPS) is 25.5. The van der Waals surface area contributed by atoms with Gasteiger partial charge in [0.1, 0.15) is 0 Å². The number of aliphatic hydroxyl groups excluding tert-OH is 1. The molecule has 0 saturated heterocycles. The van der Waals surface area contributed by atoms with E-state index in [0.29, 0.717) is 31.4 Å². The highest BCUT2D eigenvalue weighted by Crippen LogP contribution is 2.50. The average Bonchev–Trinajstić information content (AvgIpc) is 3.24. The van der Waals surface area contributed by atoms with Crippen LogP contribution in [-0.4, -0.2) is 30.8 Å². The van der Waals surface area contributed by atoms with Crippen LogP contribution in [0.2, 0.25) is 5.02 Å². The quantitative estimate of drug-likeness (QED) is 0.678. The van der Waals surface area contributed by atoms with Gasteiger partial charge >= 0.3 is 0 Å². The Hall–Kier alpha value is -2.10. The van der Waals surface area contributed by atoms with E-state index in [0.717, 1.165) is 6.07 Å². The number of carbonyl (C=O) groups is 1. The number of benzene rings is 2. The van der Waals surface area contributed by atoms with Crippen LogP contribution in [0.5, 0.6) is 0 Å². The molecule has 2 aromatic rings. The van der Waals surface area contributed by atoms with Crippen molar-refractivity contribution in [1.29, 1.82) is 0 Å². The number of anilines is 1. The molecule has 160 valence electrons. The van der Waals surface area contributed by atoms with Gasteiger partial charge in [-0.05, 0) is 43.4 Å². The van der Waals surface area contributed by atoms with Crippen molar-refractivity contribution < 1.29 is 31.5 Å². The van der Waals surface area contributed by atoms with E-state index in [1.54, 1.807) is 0 Å². The molecule has 0 aliphatic heterocycles. The summed E-state index contributed by atoms with van der Waals surface area (Å²) in [6.45, 7) is 0. The van der Waals surface area contributed by atoms with Gasteiger partial charge in [0.05, 0.1) is 21.3 Å². The molecule has 0 radical (unpaired) electrons. The molecular weight excluding hydrogens is 443 g/mol. The molecule has 0 spiro atoms. The van der Waals surface area contributed by atoms with Crippen LogP contribution < -0.4 is 5.32 Å². The van der Waals surface area contributed by atoms with Gasteiger partial charge in [0.15, 0.2) is 27.3 Å². The number of hydrogen-bond acceptors (Lipinski definition) is 4. The summed E-state index contributed by atoms with van der Waals surface area (Å²) < 4.78 is 66.3. The minimum absolute atomic E-state index is 0.0637. The molecule has 2 unspecified atom stereocenters. The maximum absolute atomic E-state index is 13.4. The molecule has 4 rings (SSSR count). The standard InChI is InChI=1S/C20H17ClF3NO4S/c21-13-4-2-10(20(27)25-11-7-14(22)18(24)15(23)8-11)6-17(13)30(28,29)19-9-1-3-12(19)16(26)5-9/h2,4,6-9,12,16,19,26H,1,3,5H2,(H,25,27)/t9?,12?,16-,19+/m0/s1. The van der Waals surface area contributed by atoms with E-state index in [1.807, 2.05) is 0 Å². The molecule has 2 aromatic carbocycles. The van der Waals surface area contributed by atoms with Gasteiger partial charge in [-0.15, -0.1) is 0 Å². The van der Waals surface area contributed by atoms with Gasteiger partial charge in [0.25, 0.3) is 5.91 Å². The van der Waals surface area contributed by atoms with E-state index in [9.17, 15) is 31.5 Å². The molecule has 0 heterocycles. The Morgan fingerprint density at radius 3 is 2.33 bits per heavy atom. The lowest BCUT2D eigenvalue weighted by atomic mass is 9.98. The fraction of sp³-hybridized carbons (Fsp3) is 0.350. The van der Waals surface area contributed by atoms with Crippen LogP contribution in [-0.2, 0) is 9.84 Å². The molecule has 30 heavy (non-hydrogen) atoms. The third-order valence-corrected chi connectivity index (χ3v) is 8.74. The molecule has 0 aromatic heterocycles. The molecular formula is C20H17ClF3NO4S. The van der Waals surface area contributed by atoms with E-state index in [1.165, 1.54) is 12.1 Å². The van der Waals surface area contributed by atoms with Gasteiger partial charge < -0.3 is 10.4 Å². The number of nitrogens with one attached hydrogen (secondary N) is 1. The van der Waals surface area contributed by atoms with E-state index >= 15 is 0 Å². The molecule has 5 nitrogen and oxygen atoms in total. The van der Waals surface area contributed by atoms with Crippen molar-refractivity contribution in [3.63, 3.8) is 0 Å². The summed E-state index contributed by atoms with van der Waals surface area (Å²) in [7, 11) is -3.93. The highest BCUT2D eigenvalue weighted by atomic mass is 35.5. The highest BCUT2D eigenvalue weighted by Gasteiger charge is 2.54. The largest absolute Gasteiger partial charge is 0.393 e. The molecule has 4 atom stereocenters. The van der Waals surface area contributed by atoms with Crippen LogP contribution in [0.1, 0.15) is 29.6 Å². The topological polar surface area (TPSA) is 83.5 Å². The Bertz CT molecular complexity index is 1120. The van der Waals surface area contributed by atoms with Gasteiger partial charge in [-0.25, -0.2) is 21.6 Å². The minimum atomic E-state index is -3.93. The first-order valence-corrected chi connectivity index (χ1v) is 11.2. The Balaban J connectivity index is 1.64. The summed E-state index contributed by atoms with van der Waals surface area (Å²) in [5.74, 6) is -6.00. The average molecular weight is 460 g/mol. The smallest absolute Gasteiger partial charge is 0.255 e. The second kappa shape index (κ2) is 7.55. The number of hydrogen-bond donors (Lipinski definition) is 2. The van der Waals surface area contributed by atoms with Gasteiger partial charge in [0.2, 0.25) is 0 Å². The number of carbonyl (C=O) groups excluding carboxylic acids is 1. The SMILES string of the molecule is O=C(Nc1cc(F)c(F)c(F)c1)c1ccc(Cl)c(S(=O)(=O)[C@@H]2C3CCC2[C@@H](O)C3)c1. The second-order valence-electron chi connectivity index (χ2n) is 7.67. The van der Waals surface area contributed by atoms with E-state index in [4.69, 9.17) is 11.6 Å². The van der Waals surface area contributed by atoms with E-state index < -0.39 is 44.5 Å². The lowest BCUT2D eigenvalue weighted by Crippen LogP contribution is -2.29. The summed E-state index contributed by atoms with van der Waals surface area (Å²) in [5, 5.41) is 11.5. The van der Waals surface area contributed by atoms with Gasteiger partial charge in [-0.2, -0.15) is 0 Å². The van der Waals surface area contributed by atoms with E-state index in [2.05, 4.69) is 5.32 Å². The summed E-state index contributed by atoms with van der Waals surface area (Å²) >= 11 is 6.12. The Morgan fingerprint density at radius 1 is 1.10 bits per heavy atom. The fourth-order valence-corrected chi connectivity index (χ4v) is 7.45. The number of sulfone groups is 1. The number of halogens is 4. The minimum Gasteiger partial charge on any atom is -0.393 e. The zero-order chi connectivity index (χ0) is 21.8. The van der Waals surface area contributed by atoms with Crippen molar-refractivity contribution in [2.45, 2.75) is 35.5 Å². The van der Waals surface area contributed by atoms with Gasteiger partial charge in [0, 0.05) is 29.3 Å². The van der Waals surface area contributed by atoms with Crippen molar-refractivity contribution in [3.8, 4) is 0 Å². The van der Waals surface area contributed by atoms with Crippen molar-refractivity contribution in [2.24, 2.45) is 11.8 Å². The maximum atomic E-state index is 13.4. The predicted molar refractivity (Wildman–Crippen MR) is 104 cm³/mol. The molecule has 1 amide bonds. The van der Waals surface area contributed by atoms with Crippen LogP contribution in [0.3, 0.4) is 0 Å². The fourth-order valence-electron chi connectivity index (χ4n) is 4.56. The number of aliphatic hydroxyl groups is 1. The number of amides is 1. The molecule has 10 heteroatoms. The van der Waals surface area contributed by atoms with Crippen molar-refractivity contribution in [1.82, 2.24) is 0 Å². The van der Waals surface area contributed by atoms with Crippen LogP contribution in [0.25, 0.3) is 0 Å². The first-order valence-electron chi connectivity index (χ1n) is 9.27. The van der Waals surface area contributed by atoms with Crippen molar-refractivity contribution in [2.75, 3.05) is 5.32 Å². The Morgan fingerprint density at radius 2 is 1.77 bits per heavy atom. The lowest BCUT2D eigenvalue weighted by molar-refractivity contribution is 0.102. The summed E-state index contributed by atoms with van der Waals surface area (Å²) in [6.07, 6.45) is 1.03. The van der Waals surface area contributed by atoms with Gasteiger partial charge in [-0.3, -0.25) is 4.79 Å². The van der Waals surface area contributed by atoms with Crippen LogP contribution >= 0.6 is 11.6 Å². The monoisotopic (exact) mass is 459 g/mol. The zero-order valence-corrected chi connectivity index (χ0v) is 17.0. The second-order valence-corrected chi connectivity index (χ2v) is 10.1. The van der Waals surface area contributed by atoms with E-state index in [-0.39, 0.29) is 33.0 Å². The van der Waals surface area contributed by atoms with Gasteiger partial charge in [-0.1, -0.05) is 11.6 Å². The van der Waals surface area contributed by atoms with Crippen LogP contribution in [0.15, 0.2) is 35.2 Å². The zero-order valence-electron chi connectivity index (χ0n) is 15.4. The summed E-state index contributed by atoms with van der Waals surface area (Å²) in [5.41, 5.74) is -0.429. The van der Waals surface area contributed by atoms with Crippen molar-refractivity contribution >= 4 is 33.0 Å². The first kappa shape index (κ1) is 21.1. The Labute approximate surface area is 175 Å². The van der Waals surface area contributed by atoms with Crippen molar-refractivity contribution in [3.05, 3.63) is 58.4 Å². The predicted octanol–water partition coefficient (Wildman–Crippen LogP) is 3.94. The number of rotatable bonds is 4. The first-order chi connectivity index (χ1) is 14.1. The number of fused-ring (bicyclic) bond motifs is 2. The maximum Gasteiger partial charge on any atom is 0.255 e. The van der Waals surface area contributed by atoms with Crippen LogP contribution in [0.4, 0.5) is 18.9 Å². The molecule has 2 aliphatic carbocycles. The molecule has 2 fully saturated rings. The molecule has 2 N–H and O–H groups in total. The molecule has 2 aliphatic rings. The molecule has 2 saturated carbocycles. The molecule has 2 bridgehead atoms. The summed E-state index contributed by atoms with van der Waals surface area (Å²) in [4.78, 5) is 12.3. The lowest BCUT2D eigenvalue weighted by Gasteiger charge is -2.19. The third-order valence-electron chi connectivity index (χ3n) is 5.90. The third kappa shape index (κ3) is 3.48. The Kier molecular flexibility index (Phi) is 5.32. The summed E-state index contributed by atoms with van der Waals surface area (Å²) in [6, 6.07) is 4.85. The van der Waals surface area contributed by atoms with Crippen LogP contribution in [0, 0.1) is 29.3 Å². The highest BCUT2D eigenvalue weighted by molar-refractivity contribution is 7.92.